The van der Waals surface area contributed by atoms with Crippen molar-refractivity contribution in [3.05, 3.63) is 154 Å². The molecule has 391 valence electrons. The zero-order chi connectivity index (χ0) is 60.7. The first-order valence-electron chi connectivity index (χ1n) is 30.5. The van der Waals surface area contributed by atoms with Crippen LogP contribution in [0.1, 0.15) is 178 Å². The number of hydrogen-bond donors (Lipinski definition) is 0. The molecule has 0 saturated heterocycles. The third kappa shape index (κ3) is 12.6. The molecule has 1 radical (unpaired) electrons. The summed E-state index contributed by atoms with van der Waals surface area (Å²) in [6.07, 6.45) is 5.18. The first-order valence-corrected chi connectivity index (χ1v) is 29.5. The van der Waals surface area contributed by atoms with Gasteiger partial charge in [0.15, 0.2) is 0 Å². The minimum atomic E-state index is -2.43. The summed E-state index contributed by atoms with van der Waals surface area (Å²) in [6, 6.07) is 32.3. The quantitative estimate of drug-likeness (QED) is 0.107. The molecule has 0 bridgehead atoms. The van der Waals surface area contributed by atoms with Crippen molar-refractivity contribution in [1.82, 2.24) is 15.0 Å². The third-order valence-electron chi connectivity index (χ3n) is 14.2. The Hall–Kier alpha value is -5.07. The Labute approximate surface area is 470 Å². The second-order valence-corrected chi connectivity index (χ2v) is 29.7. The van der Waals surface area contributed by atoms with Gasteiger partial charge in [-0.25, -0.2) is 4.98 Å². The van der Waals surface area contributed by atoms with Gasteiger partial charge in [0.25, 0.3) is 0 Å². The van der Waals surface area contributed by atoms with Gasteiger partial charge in [0.2, 0.25) is 5.71 Å². The number of pyridine rings is 3. The van der Waals surface area contributed by atoms with Gasteiger partial charge in [-0.2, -0.15) is 0 Å². The molecule has 0 atom stereocenters. The molecule has 1 fully saturated rings. The minimum Gasteiger partial charge on any atom is -0.486 e. The minimum absolute atomic E-state index is 0. The van der Waals surface area contributed by atoms with E-state index >= 15 is 0 Å². The fraction of sp³-hybridized carbons (Fsp3) is 0.418. The molecule has 1 saturated carbocycles. The van der Waals surface area contributed by atoms with Crippen LogP contribution in [0.2, 0.25) is 19.6 Å². The van der Waals surface area contributed by atoms with Crippen LogP contribution >= 0.6 is 0 Å². The van der Waals surface area contributed by atoms with E-state index in [4.69, 9.17) is 15.4 Å². The molecule has 0 unspecified atom stereocenters. The predicted molar refractivity (Wildman–Crippen MR) is 310 cm³/mol. The molecular weight excluding hydrogens is 1100 g/mol. The maximum Gasteiger partial charge on any atom is 0.216 e. The largest absolute Gasteiger partial charge is 0.486 e. The van der Waals surface area contributed by atoms with Crippen molar-refractivity contribution >= 4 is 35.3 Å². The Bertz CT molecular complexity index is 3640. The second kappa shape index (κ2) is 21.9. The molecule has 7 heteroatoms. The van der Waals surface area contributed by atoms with E-state index in [1.165, 1.54) is 23.5 Å². The topological polar surface area (TPSA) is 51.8 Å². The molecule has 4 aromatic carbocycles. The molecule has 1 aliphatic carbocycles. The third-order valence-corrected chi connectivity index (χ3v) is 16.3. The van der Waals surface area contributed by atoms with E-state index in [2.05, 4.69) is 133 Å². The molecule has 4 nitrogen and oxygen atoms in total. The van der Waals surface area contributed by atoms with Crippen LogP contribution in [0.15, 0.2) is 102 Å². The van der Waals surface area contributed by atoms with Crippen LogP contribution in [0.5, 0.6) is 0 Å². The van der Waals surface area contributed by atoms with Crippen molar-refractivity contribution in [2.75, 3.05) is 0 Å². The van der Waals surface area contributed by atoms with Crippen LogP contribution < -0.4 is 5.19 Å². The monoisotopic (exact) mass is 1190 g/mol. The Kier molecular flexibility index (Phi) is 13.3. The molecule has 0 N–H and O–H groups in total. The van der Waals surface area contributed by atoms with Crippen LogP contribution in [-0.4, -0.2) is 23.0 Å². The van der Waals surface area contributed by atoms with Crippen LogP contribution in [0, 0.1) is 42.5 Å². The number of rotatable bonds is 9. The van der Waals surface area contributed by atoms with Crippen molar-refractivity contribution in [3.8, 4) is 44.8 Å². The van der Waals surface area contributed by atoms with Gasteiger partial charge in [-0.3, -0.25) is 4.39 Å². The smallest absolute Gasteiger partial charge is 0.216 e. The Morgan fingerprint density at radius 3 is 2.07 bits per heavy atom. The molecule has 1 aliphatic rings. The van der Waals surface area contributed by atoms with Gasteiger partial charge in [-0.1, -0.05) is 173 Å². The molecule has 0 aliphatic heterocycles. The number of benzene rings is 4. The average molecular weight is 1190 g/mol. The molecule has 9 rings (SSSR count). The van der Waals surface area contributed by atoms with Crippen molar-refractivity contribution in [2.24, 2.45) is 10.8 Å². The Balaban J connectivity index is 0.000000250. The van der Waals surface area contributed by atoms with E-state index in [1.54, 1.807) is 24.4 Å². The number of nitrogens with zero attached hydrogens (tertiary/aromatic N) is 3. The molecule has 8 aromatic rings. The van der Waals surface area contributed by atoms with Gasteiger partial charge >= 0.3 is 0 Å². The first-order chi connectivity index (χ1) is 37.7. The van der Waals surface area contributed by atoms with Crippen molar-refractivity contribution < 1.29 is 41.2 Å². The summed E-state index contributed by atoms with van der Waals surface area (Å²) < 4.78 is 97.5. The average Bonchev–Trinajstić information content (AvgIpc) is 2.61. The summed E-state index contributed by atoms with van der Waals surface area (Å²) in [5.74, 6) is -0.908. The summed E-state index contributed by atoms with van der Waals surface area (Å²) in [5.41, 5.74) is 9.65. The summed E-state index contributed by atoms with van der Waals surface area (Å²) in [4.78, 5) is 13.6. The van der Waals surface area contributed by atoms with Gasteiger partial charge in [-0.05, 0) is 153 Å². The van der Waals surface area contributed by atoms with Crippen LogP contribution in [0.4, 0.5) is 4.39 Å². The van der Waals surface area contributed by atoms with E-state index in [0.717, 1.165) is 64.5 Å². The standard InChI is InChI=1S/C38H43N2O.C29H37FNSi.Ir/c1-22(2)31-18-27(26-14-16-38(7,8)17-15-26)19-32(23(3)4)35(31)33-20-34(39-21-24(33)5)30-11-9-10-28-29-13-12-25(6)40-37(29)41-36(28)30;1-28(2,3)18-22-17-27(31-19-25(22)29(4,5)6)21-12-15-26(30)24(16-21)20-10-13-23(14-11-20)32(7,8)9;/h9-10,12-13,18-23,26H,14-17H2,1-8H3;10-11,13-17,19H,18H2,1-9H3;/q2*-1;/i5D3,6D3,26D;18D2;. The van der Waals surface area contributed by atoms with E-state index < -0.39 is 39.5 Å². The zero-order valence-electron chi connectivity index (χ0n) is 55.2. The number of aryl methyl sites for hydroxylation is 2. The summed E-state index contributed by atoms with van der Waals surface area (Å²) >= 11 is 0. The second-order valence-electron chi connectivity index (χ2n) is 24.6. The van der Waals surface area contributed by atoms with E-state index in [1.807, 2.05) is 51.1 Å². The van der Waals surface area contributed by atoms with E-state index in [9.17, 15) is 5.76 Å². The summed E-state index contributed by atoms with van der Waals surface area (Å²) in [6.45, 7) is 27.0. The summed E-state index contributed by atoms with van der Waals surface area (Å²) in [5, 5.41) is 2.73. The number of hydrogen-bond acceptors (Lipinski definition) is 4. The number of fused-ring (bicyclic) bond motifs is 3. The maximum atomic E-state index is 14.8. The Morgan fingerprint density at radius 1 is 0.811 bits per heavy atom. The fourth-order valence-electron chi connectivity index (χ4n) is 9.94. The van der Waals surface area contributed by atoms with Gasteiger partial charge in [0.05, 0.1) is 13.7 Å². The zero-order valence-corrected chi connectivity index (χ0v) is 49.6. The molecule has 4 heterocycles. The van der Waals surface area contributed by atoms with E-state index in [-0.39, 0.29) is 65.6 Å². The number of aromatic nitrogens is 3. The molecule has 74 heavy (non-hydrogen) atoms. The normalized spacial score (nSPS) is 17.1. The van der Waals surface area contributed by atoms with Crippen molar-refractivity contribution in [2.45, 2.75) is 172 Å². The van der Waals surface area contributed by atoms with Crippen LogP contribution in [0.25, 0.3) is 66.8 Å². The molecule has 0 amide bonds. The number of furan rings is 1. The maximum absolute atomic E-state index is 14.8. The predicted octanol–water partition coefficient (Wildman–Crippen LogP) is 18.8. The van der Waals surface area contributed by atoms with Crippen molar-refractivity contribution in [1.29, 1.82) is 0 Å². The van der Waals surface area contributed by atoms with Crippen molar-refractivity contribution in [3.63, 3.8) is 0 Å². The van der Waals surface area contributed by atoms with Gasteiger partial charge in [0.1, 0.15) is 0 Å². The van der Waals surface area contributed by atoms with Crippen LogP contribution in [-0.2, 0) is 31.9 Å². The SMILES string of the molecule is [2H]C([2H])([2H])c1ccc2c(n1)oc1c(-c3cc(-c4c(C(C)C)cc(C5([2H])CCC(C)(C)CC5)cc4C(C)C)c(C([2H])([2H])[2H])cn3)[c-]ccc12.[2H]C([2H])(c1cc(-c2[c-]cc(F)c(-c3ccc([Si](C)(C)C)cc3)c2)ncc1C(C)(C)C)C(C)(C)C.[Ir]. The molecular formula is C67H80FIrN3OSi-2. The van der Waals surface area contributed by atoms with Gasteiger partial charge < -0.3 is 14.4 Å². The van der Waals surface area contributed by atoms with Crippen LogP contribution in [0.3, 0.4) is 0 Å². The first kappa shape index (κ1) is 45.2. The summed E-state index contributed by atoms with van der Waals surface area (Å²) in [7, 11) is -1.44. The Morgan fingerprint density at radius 2 is 1.47 bits per heavy atom. The van der Waals surface area contributed by atoms with Gasteiger partial charge in [-0.15, -0.1) is 42.0 Å². The molecule has 0 spiro atoms. The van der Waals surface area contributed by atoms with E-state index in [0.29, 0.717) is 50.2 Å². The number of halogens is 1. The molecule has 4 aromatic heterocycles. The van der Waals surface area contributed by atoms with Gasteiger partial charge in [0, 0.05) is 61.7 Å². The fourth-order valence-corrected chi connectivity index (χ4v) is 11.1.